The Morgan fingerprint density at radius 2 is 2.06 bits per heavy atom. The van der Waals surface area contributed by atoms with E-state index >= 15 is 0 Å². The summed E-state index contributed by atoms with van der Waals surface area (Å²) in [5.74, 6) is 2.13. The number of urea groups is 1. The predicted molar refractivity (Wildman–Crippen MR) is 126 cm³/mol. The van der Waals surface area contributed by atoms with Crippen LogP contribution in [0.2, 0.25) is 0 Å². The van der Waals surface area contributed by atoms with Crippen molar-refractivity contribution in [3.8, 4) is 16.3 Å². The number of benzene rings is 1. The number of rotatable bonds is 6. The molecule has 0 aliphatic carbocycles. The lowest BCUT2D eigenvalue weighted by Gasteiger charge is -2.30. The molecule has 2 aromatic rings. The van der Waals surface area contributed by atoms with Crippen molar-refractivity contribution in [2.45, 2.75) is 32.2 Å². The van der Waals surface area contributed by atoms with Crippen LogP contribution in [-0.2, 0) is 0 Å². The molecular formula is C23H33N5O2S. The molecule has 2 aliphatic heterocycles. The van der Waals surface area contributed by atoms with E-state index in [0.29, 0.717) is 11.7 Å². The lowest BCUT2D eigenvalue weighted by atomic mass is 10.1. The minimum Gasteiger partial charge on any atom is -0.493 e. The molecular weight excluding hydrogens is 410 g/mol. The molecule has 0 bridgehead atoms. The fourth-order valence-corrected chi connectivity index (χ4v) is 5.15. The molecule has 2 aliphatic rings. The molecule has 1 aromatic heterocycles. The van der Waals surface area contributed by atoms with E-state index in [4.69, 9.17) is 4.74 Å². The number of aryl methyl sites for hydroxylation is 1. The van der Waals surface area contributed by atoms with Crippen LogP contribution in [-0.4, -0.2) is 73.7 Å². The number of carbonyl (C=O) groups is 1. The predicted octanol–water partition coefficient (Wildman–Crippen LogP) is 3.66. The Balaban J connectivity index is 1.31. The van der Waals surface area contributed by atoms with Gasteiger partial charge < -0.3 is 19.9 Å². The van der Waals surface area contributed by atoms with Crippen molar-refractivity contribution in [1.29, 1.82) is 0 Å². The second-order valence-corrected chi connectivity index (χ2v) is 9.80. The molecule has 8 heteroatoms. The number of amides is 2. The standard InChI is InChI=1S/C23H33N5O2S/c1-16-11-18(6-7-20(16)30-14-17-8-10-28(3)12-17)22-25-21(15-31-22)26-23(29)24-19-5-4-9-27(2)13-19/h6-7,11,15,17,19H,4-5,8-10,12-14H2,1-3H3,(H2,24,26,29)/t17-,19?/m1/s1. The maximum absolute atomic E-state index is 12.3. The summed E-state index contributed by atoms with van der Waals surface area (Å²) < 4.78 is 6.09. The molecule has 168 valence electrons. The Hall–Kier alpha value is -2.16. The number of nitrogens with one attached hydrogen (secondary N) is 2. The molecule has 1 unspecified atom stereocenters. The van der Waals surface area contributed by atoms with Crippen LogP contribution in [0.25, 0.3) is 10.6 Å². The minimum absolute atomic E-state index is 0.186. The van der Waals surface area contributed by atoms with Crippen LogP contribution in [0.15, 0.2) is 23.6 Å². The monoisotopic (exact) mass is 443 g/mol. The van der Waals surface area contributed by atoms with Crippen molar-refractivity contribution < 1.29 is 9.53 Å². The molecule has 2 fully saturated rings. The highest BCUT2D eigenvalue weighted by molar-refractivity contribution is 7.13. The van der Waals surface area contributed by atoms with Gasteiger partial charge in [0.05, 0.1) is 6.61 Å². The van der Waals surface area contributed by atoms with E-state index in [2.05, 4.69) is 52.5 Å². The zero-order valence-electron chi connectivity index (χ0n) is 18.7. The van der Waals surface area contributed by atoms with Gasteiger partial charge in [-0.2, -0.15) is 0 Å². The Morgan fingerprint density at radius 3 is 2.81 bits per heavy atom. The van der Waals surface area contributed by atoms with Gasteiger partial charge in [-0.1, -0.05) is 0 Å². The zero-order valence-corrected chi connectivity index (χ0v) is 19.5. The van der Waals surface area contributed by atoms with Crippen LogP contribution < -0.4 is 15.4 Å². The number of likely N-dealkylation sites (tertiary alicyclic amines) is 2. The highest BCUT2D eigenvalue weighted by Crippen LogP contribution is 2.30. The normalized spacial score (nSPS) is 22.4. The smallest absolute Gasteiger partial charge is 0.320 e. The lowest BCUT2D eigenvalue weighted by Crippen LogP contribution is -2.47. The Bertz CT molecular complexity index is 902. The van der Waals surface area contributed by atoms with E-state index in [-0.39, 0.29) is 12.1 Å². The average Bonchev–Trinajstić information content (AvgIpc) is 3.36. The lowest BCUT2D eigenvalue weighted by molar-refractivity contribution is 0.216. The van der Waals surface area contributed by atoms with Crippen LogP contribution in [0.4, 0.5) is 10.6 Å². The quantitative estimate of drug-likeness (QED) is 0.713. The van der Waals surface area contributed by atoms with E-state index in [1.165, 1.54) is 17.8 Å². The molecule has 0 radical (unpaired) electrons. The summed E-state index contributed by atoms with van der Waals surface area (Å²) in [7, 11) is 4.25. The Kier molecular flexibility index (Phi) is 7.09. The summed E-state index contributed by atoms with van der Waals surface area (Å²) in [4.78, 5) is 21.5. The van der Waals surface area contributed by atoms with Crippen LogP contribution in [0.1, 0.15) is 24.8 Å². The van der Waals surface area contributed by atoms with Crippen molar-refractivity contribution in [1.82, 2.24) is 20.1 Å². The molecule has 2 N–H and O–H groups in total. The molecule has 2 atom stereocenters. The Labute approximate surface area is 188 Å². The number of nitrogens with zero attached hydrogens (tertiary/aromatic N) is 3. The highest BCUT2D eigenvalue weighted by Gasteiger charge is 2.21. The van der Waals surface area contributed by atoms with Gasteiger partial charge >= 0.3 is 6.03 Å². The zero-order chi connectivity index (χ0) is 21.8. The SMILES string of the molecule is Cc1cc(-c2nc(NC(=O)NC3CCCN(C)C3)cs2)ccc1OC[C@@H]1CCN(C)C1. The number of aromatic nitrogens is 1. The first-order valence-electron chi connectivity index (χ1n) is 11.1. The third kappa shape index (κ3) is 5.96. The van der Waals surface area contributed by atoms with Crippen LogP contribution in [0.5, 0.6) is 5.75 Å². The number of thiazole rings is 1. The fourth-order valence-electron chi connectivity index (χ4n) is 4.40. The second kappa shape index (κ2) is 9.97. The summed E-state index contributed by atoms with van der Waals surface area (Å²) in [6.45, 7) is 7.08. The number of carbonyl (C=O) groups excluding carboxylic acids is 1. The maximum Gasteiger partial charge on any atom is 0.320 e. The van der Waals surface area contributed by atoms with Gasteiger partial charge in [-0.05, 0) is 77.1 Å². The van der Waals surface area contributed by atoms with Crippen LogP contribution >= 0.6 is 11.3 Å². The molecule has 1 aromatic carbocycles. The van der Waals surface area contributed by atoms with Crippen molar-refractivity contribution in [3.05, 3.63) is 29.1 Å². The summed E-state index contributed by atoms with van der Waals surface area (Å²) in [6.07, 6.45) is 3.33. The first kappa shape index (κ1) is 22.0. The van der Waals surface area contributed by atoms with Gasteiger partial charge in [0, 0.05) is 36.0 Å². The number of anilines is 1. The molecule has 7 nitrogen and oxygen atoms in total. The molecule has 2 saturated heterocycles. The van der Waals surface area contributed by atoms with Crippen molar-refractivity contribution >= 4 is 23.2 Å². The van der Waals surface area contributed by atoms with Crippen molar-refractivity contribution in [2.75, 3.05) is 52.2 Å². The first-order valence-corrected chi connectivity index (χ1v) is 12.0. The van der Waals surface area contributed by atoms with Gasteiger partial charge in [0.2, 0.25) is 0 Å². The number of hydrogen-bond donors (Lipinski definition) is 2. The third-order valence-corrected chi connectivity index (χ3v) is 6.98. The van der Waals surface area contributed by atoms with E-state index in [1.807, 2.05) is 17.5 Å². The Morgan fingerprint density at radius 1 is 1.23 bits per heavy atom. The number of likely N-dealkylation sites (N-methyl/N-ethyl adjacent to an activating group) is 1. The van der Waals surface area contributed by atoms with E-state index < -0.39 is 0 Å². The molecule has 31 heavy (non-hydrogen) atoms. The molecule has 0 saturated carbocycles. The number of ether oxygens (including phenoxy) is 1. The summed E-state index contributed by atoms with van der Waals surface area (Å²) in [6, 6.07) is 6.19. The van der Waals surface area contributed by atoms with E-state index in [9.17, 15) is 4.79 Å². The van der Waals surface area contributed by atoms with Gasteiger partial charge in [0.15, 0.2) is 0 Å². The number of piperidine rings is 1. The molecule has 2 amide bonds. The minimum atomic E-state index is -0.186. The second-order valence-electron chi connectivity index (χ2n) is 8.95. The van der Waals surface area contributed by atoms with Gasteiger partial charge in [-0.3, -0.25) is 5.32 Å². The van der Waals surface area contributed by atoms with E-state index in [1.54, 1.807) is 0 Å². The maximum atomic E-state index is 12.3. The van der Waals surface area contributed by atoms with E-state index in [0.717, 1.165) is 67.5 Å². The largest absolute Gasteiger partial charge is 0.493 e. The average molecular weight is 444 g/mol. The topological polar surface area (TPSA) is 69.7 Å². The molecule has 0 spiro atoms. The number of hydrogen-bond acceptors (Lipinski definition) is 6. The highest BCUT2D eigenvalue weighted by atomic mass is 32.1. The van der Waals surface area contributed by atoms with Crippen molar-refractivity contribution in [2.24, 2.45) is 5.92 Å². The van der Waals surface area contributed by atoms with Crippen LogP contribution in [0, 0.1) is 12.8 Å². The molecule has 4 rings (SSSR count). The van der Waals surface area contributed by atoms with Gasteiger partial charge in [0.1, 0.15) is 16.6 Å². The summed E-state index contributed by atoms with van der Waals surface area (Å²) in [5.41, 5.74) is 2.14. The third-order valence-electron chi connectivity index (χ3n) is 6.09. The summed E-state index contributed by atoms with van der Waals surface area (Å²) in [5, 5.41) is 8.71. The summed E-state index contributed by atoms with van der Waals surface area (Å²) >= 11 is 1.53. The van der Waals surface area contributed by atoms with Gasteiger partial charge in [-0.15, -0.1) is 11.3 Å². The van der Waals surface area contributed by atoms with Crippen molar-refractivity contribution in [3.63, 3.8) is 0 Å². The molecule has 3 heterocycles. The fraction of sp³-hybridized carbons (Fsp3) is 0.565. The van der Waals surface area contributed by atoms with Gasteiger partial charge in [0.25, 0.3) is 0 Å². The first-order chi connectivity index (χ1) is 15.0. The van der Waals surface area contributed by atoms with Gasteiger partial charge in [-0.25, -0.2) is 9.78 Å². The van der Waals surface area contributed by atoms with Crippen LogP contribution in [0.3, 0.4) is 0 Å².